The van der Waals surface area contributed by atoms with Gasteiger partial charge in [0.25, 0.3) is 0 Å². The van der Waals surface area contributed by atoms with Crippen LogP contribution >= 0.6 is 54.8 Å². The largest absolute Gasteiger partial charge is 0.136 e. The van der Waals surface area contributed by atoms with Crippen molar-refractivity contribution in [1.29, 1.82) is 0 Å². The quantitative estimate of drug-likeness (QED) is 0.591. The first-order chi connectivity index (χ1) is 7.65. The standard InChI is InChI=1S/C12H9Br2ClS/c13-10-3-1-8(2-4-10)5-11(15)9-6-12(14)16-7-9/h1-4,6-7,11H,5H2. The van der Waals surface area contributed by atoms with Gasteiger partial charge in [0.05, 0.1) is 9.16 Å². The molecule has 0 fully saturated rings. The summed E-state index contributed by atoms with van der Waals surface area (Å²) >= 11 is 14.9. The van der Waals surface area contributed by atoms with Crippen molar-refractivity contribution in [2.75, 3.05) is 0 Å². The molecule has 0 amide bonds. The van der Waals surface area contributed by atoms with Crippen LogP contribution in [0.15, 0.2) is 44.0 Å². The van der Waals surface area contributed by atoms with Crippen LogP contribution in [0.3, 0.4) is 0 Å². The molecule has 0 saturated heterocycles. The molecule has 0 radical (unpaired) electrons. The van der Waals surface area contributed by atoms with Crippen molar-refractivity contribution in [3.63, 3.8) is 0 Å². The fraction of sp³-hybridized carbons (Fsp3) is 0.167. The molecule has 2 rings (SSSR count). The maximum Gasteiger partial charge on any atom is 0.0701 e. The molecule has 84 valence electrons. The Morgan fingerprint density at radius 3 is 2.44 bits per heavy atom. The van der Waals surface area contributed by atoms with E-state index >= 15 is 0 Å². The molecule has 1 atom stereocenters. The van der Waals surface area contributed by atoms with Crippen molar-refractivity contribution in [2.45, 2.75) is 11.8 Å². The van der Waals surface area contributed by atoms with Gasteiger partial charge in [0.15, 0.2) is 0 Å². The number of alkyl halides is 1. The molecule has 1 unspecified atom stereocenters. The van der Waals surface area contributed by atoms with Gasteiger partial charge in [-0.2, -0.15) is 0 Å². The maximum atomic E-state index is 6.37. The first-order valence-corrected chi connectivity index (χ1v) is 7.68. The van der Waals surface area contributed by atoms with Gasteiger partial charge in [-0.15, -0.1) is 22.9 Å². The lowest BCUT2D eigenvalue weighted by atomic mass is 10.1. The molecule has 16 heavy (non-hydrogen) atoms. The molecule has 4 heteroatoms. The Morgan fingerprint density at radius 2 is 1.88 bits per heavy atom. The van der Waals surface area contributed by atoms with Gasteiger partial charge in [-0.3, -0.25) is 0 Å². The molecular weight excluding hydrogens is 371 g/mol. The van der Waals surface area contributed by atoms with Gasteiger partial charge in [-0.25, -0.2) is 0 Å². The molecule has 0 aliphatic heterocycles. The van der Waals surface area contributed by atoms with Crippen molar-refractivity contribution < 1.29 is 0 Å². The second-order valence-corrected chi connectivity index (χ2v) is 7.22. The van der Waals surface area contributed by atoms with Crippen LogP contribution in [0.25, 0.3) is 0 Å². The zero-order chi connectivity index (χ0) is 11.5. The van der Waals surface area contributed by atoms with Gasteiger partial charge in [-0.05, 0) is 57.1 Å². The predicted octanol–water partition coefficient (Wildman–Crippen LogP) is 5.80. The minimum atomic E-state index is 0.0451. The van der Waals surface area contributed by atoms with Crippen LogP contribution in [0, 0.1) is 0 Å². The molecule has 1 aromatic carbocycles. The van der Waals surface area contributed by atoms with Crippen molar-refractivity contribution in [2.24, 2.45) is 0 Å². The summed E-state index contributed by atoms with van der Waals surface area (Å²) in [7, 11) is 0. The zero-order valence-corrected chi connectivity index (χ0v) is 13.0. The second-order valence-electron chi connectivity index (χ2n) is 3.48. The highest BCUT2D eigenvalue weighted by atomic mass is 79.9. The van der Waals surface area contributed by atoms with Crippen LogP contribution in [0.5, 0.6) is 0 Å². The van der Waals surface area contributed by atoms with Crippen LogP contribution in [-0.4, -0.2) is 0 Å². The van der Waals surface area contributed by atoms with Gasteiger partial charge in [0, 0.05) is 4.47 Å². The van der Waals surface area contributed by atoms with Crippen molar-refractivity contribution >= 4 is 54.8 Å². The molecule has 0 bridgehead atoms. The predicted molar refractivity (Wildman–Crippen MR) is 78.5 cm³/mol. The maximum absolute atomic E-state index is 6.37. The van der Waals surface area contributed by atoms with Crippen LogP contribution in [0.1, 0.15) is 16.5 Å². The van der Waals surface area contributed by atoms with E-state index in [1.807, 2.05) is 12.1 Å². The highest BCUT2D eigenvalue weighted by molar-refractivity contribution is 9.11. The smallest absolute Gasteiger partial charge is 0.0701 e. The molecule has 1 heterocycles. The summed E-state index contributed by atoms with van der Waals surface area (Å²) in [5, 5.41) is 2.14. The summed E-state index contributed by atoms with van der Waals surface area (Å²) in [6.45, 7) is 0. The van der Waals surface area contributed by atoms with E-state index in [4.69, 9.17) is 11.6 Å². The lowest BCUT2D eigenvalue weighted by Gasteiger charge is -2.07. The number of halogens is 3. The Morgan fingerprint density at radius 1 is 1.19 bits per heavy atom. The van der Waals surface area contributed by atoms with Gasteiger partial charge < -0.3 is 0 Å². The van der Waals surface area contributed by atoms with Gasteiger partial charge in [0.2, 0.25) is 0 Å². The van der Waals surface area contributed by atoms with Crippen molar-refractivity contribution in [3.8, 4) is 0 Å². The summed E-state index contributed by atoms with van der Waals surface area (Å²) in [4.78, 5) is 0. The van der Waals surface area contributed by atoms with E-state index in [2.05, 4.69) is 55.4 Å². The minimum absolute atomic E-state index is 0.0451. The third kappa shape index (κ3) is 3.33. The highest BCUT2D eigenvalue weighted by Gasteiger charge is 2.10. The molecule has 2 aromatic rings. The molecule has 0 aliphatic carbocycles. The summed E-state index contributed by atoms with van der Waals surface area (Å²) in [6, 6.07) is 10.4. The monoisotopic (exact) mass is 378 g/mol. The topological polar surface area (TPSA) is 0 Å². The van der Waals surface area contributed by atoms with E-state index < -0.39 is 0 Å². The van der Waals surface area contributed by atoms with E-state index in [-0.39, 0.29) is 5.38 Å². The minimum Gasteiger partial charge on any atom is -0.136 e. The van der Waals surface area contributed by atoms with Crippen LogP contribution in [0.2, 0.25) is 0 Å². The fourth-order valence-electron chi connectivity index (χ4n) is 1.43. The molecule has 0 saturated carbocycles. The summed E-state index contributed by atoms with van der Waals surface area (Å²) in [5.74, 6) is 0. The van der Waals surface area contributed by atoms with Gasteiger partial charge in [-0.1, -0.05) is 28.1 Å². The summed E-state index contributed by atoms with van der Waals surface area (Å²) in [5.41, 5.74) is 2.44. The lowest BCUT2D eigenvalue weighted by molar-refractivity contribution is 0.924. The molecule has 0 N–H and O–H groups in total. The SMILES string of the molecule is ClC(Cc1ccc(Br)cc1)c1csc(Br)c1. The third-order valence-electron chi connectivity index (χ3n) is 2.28. The Balaban J connectivity index is 2.07. The number of thiophene rings is 1. The molecule has 0 spiro atoms. The fourth-order valence-corrected chi connectivity index (χ4v) is 3.31. The Bertz CT molecular complexity index is 464. The van der Waals surface area contributed by atoms with E-state index in [1.165, 1.54) is 11.1 Å². The van der Waals surface area contributed by atoms with Crippen molar-refractivity contribution in [3.05, 3.63) is 55.1 Å². The third-order valence-corrected chi connectivity index (χ3v) is 4.74. The second kappa shape index (κ2) is 5.67. The van der Waals surface area contributed by atoms with E-state index in [0.717, 1.165) is 14.7 Å². The van der Waals surface area contributed by atoms with Gasteiger partial charge >= 0.3 is 0 Å². The molecule has 0 nitrogen and oxygen atoms in total. The van der Waals surface area contributed by atoms with Gasteiger partial charge in [0.1, 0.15) is 0 Å². The number of benzene rings is 1. The Labute approximate surface area is 121 Å². The van der Waals surface area contributed by atoms with E-state index in [1.54, 1.807) is 11.3 Å². The lowest BCUT2D eigenvalue weighted by Crippen LogP contribution is -1.93. The number of hydrogen-bond acceptors (Lipinski definition) is 1. The summed E-state index contributed by atoms with van der Waals surface area (Å²) in [6.07, 6.45) is 0.859. The number of hydrogen-bond donors (Lipinski definition) is 0. The van der Waals surface area contributed by atoms with Crippen LogP contribution < -0.4 is 0 Å². The molecule has 1 aromatic heterocycles. The van der Waals surface area contributed by atoms with E-state index in [0.29, 0.717) is 0 Å². The molecular formula is C12H9Br2ClS. The molecule has 0 aliphatic rings. The summed E-state index contributed by atoms with van der Waals surface area (Å²) < 4.78 is 2.23. The average Bonchev–Trinajstić information content (AvgIpc) is 2.68. The normalized spacial score (nSPS) is 12.7. The van der Waals surface area contributed by atoms with E-state index in [9.17, 15) is 0 Å². The first-order valence-electron chi connectivity index (χ1n) is 4.77. The van der Waals surface area contributed by atoms with Crippen LogP contribution in [-0.2, 0) is 6.42 Å². The highest BCUT2D eigenvalue weighted by Crippen LogP contribution is 2.31. The Kier molecular flexibility index (Phi) is 4.48. The van der Waals surface area contributed by atoms with Crippen molar-refractivity contribution in [1.82, 2.24) is 0 Å². The number of rotatable bonds is 3. The zero-order valence-electron chi connectivity index (χ0n) is 8.29. The first kappa shape index (κ1) is 12.6. The van der Waals surface area contributed by atoms with Crippen LogP contribution in [0.4, 0.5) is 0 Å². The average molecular weight is 381 g/mol. The Hall–Kier alpha value is 0.170.